The smallest absolute Gasteiger partial charge is 0.259 e. The van der Waals surface area contributed by atoms with Crippen molar-refractivity contribution in [1.29, 1.82) is 0 Å². The second kappa shape index (κ2) is 7.45. The Labute approximate surface area is 136 Å². The second-order valence-electron chi connectivity index (χ2n) is 5.45. The molecule has 0 unspecified atom stereocenters. The Hall–Kier alpha value is -2.82. The Balaban J connectivity index is 1.89. The van der Waals surface area contributed by atoms with Crippen LogP contribution < -0.4 is 10.7 Å². The van der Waals surface area contributed by atoms with Gasteiger partial charge >= 0.3 is 0 Å². The standard InChI is InChI=1S/C18H21N3O2/c1-12-4-9-17(13(2)10-12)19-11-18(23)21-20-14(3)15-5-7-16(22)8-6-15/h4-10,19,22H,11H2,1-3H3,(H,21,23). The van der Waals surface area contributed by atoms with Gasteiger partial charge in [0.2, 0.25) is 0 Å². The molecule has 5 heteroatoms. The maximum absolute atomic E-state index is 11.9. The molecule has 0 aromatic heterocycles. The Morgan fingerprint density at radius 1 is 1.13 bits per heavy atom. The first-order chi connectivity index (χ1) is 11.0. The molecule has 2 aromatic carbocycles. The van der Waals surface area contributed by atoms with Crippen LogP contribution in [0.2, 0.25) is 0 Å². The number of hydrazone groups is 1. The molecule has 0 heterocycles. The van der Waals surface area contributed by atoms with Crippen molar-refractivity contribution in [3.63, 3.8) is 0 Å². The van der Waals surface area contributed by atoms with Crippen LogP contribution in [0.15, 0.2) is 47.6 Å². The van der Waals surface area contributed by atoms with Gasteiger partial charge in [0.1, 0.15) is 5.75 Å². The van der Waals surface area contributed by atoms with Crippen LogP contribution in [0.25, 0.3) is 0 Å². The molecule has 3 N–H and O–H groups in total. The first kappa shape index (κ1) is 16.5. The lowest BCUT2D eigenvalue weighted by molar-refractivity contribution is -0.119. The number of aryl methyl sites for hydroxylation is 2. The Kier molecular flexibility index (Phi) is 5.36. The molecule has 0 aliphatic carbocycles. The van der Waals surface area contributed by atoms with E-state index >= 15 is 0 Å². The highest BCUT2D eigenvalue weighted by molar-refractivity contribution is 5.99. The van der Waals surface area contributed by atoms with Crippen molar-refractivity contribution in [2.24, 2.45) is 5.10 Å². The topological polar surface area (TPSA) is 73.7 Å². The molecule has 0 bridgehead atoms. The number of hydrogen-bond acceptors (Lipinski definition) is 4. The molecule has 120 valence electrons. The predicted molar refractivity (Wildman–Crippen MR) is 92.9 cm³/mol. The van der Waals surface area contributed by atoms with Crippen molar-refractivity contribution in [1.82, 2.24) is 5.43 Å². The summed E-state index contributed by atoms with van der Waals surface area (Å²) in [6, 6.07) is 12.7. The number of nitrogens with one attached hydrogen (secondary N) is 2. The summed E-state index contributed by atoms with van der Waals surface area (Å²) in [6.07, 6.45) is 0. The fourth-order valence-electron chi connectivity index (χ4n) is 2.14. The van der Waals surface area contributed by atoms with E-state index in [1.54, 1.807) is 31.2 Å². The molecular formula is C18H21N3O2. The van der Waals surface area contributed by atoms with E-state index in [0.29, 0.717) is 5.71 Å². The number of hydrogen-bond donors (Lipinski definition) is 3. The average Bonchev–Trinajstić information content (AvgIpc) is 2.52. The van der Waals surface area contributed by atoms with Crippen molar-refractivity contribution in [2.75, 3.05) is 11.9 Å². The van der Waals surface area contributed by atoms with Crippen LogP contribution in [0.1, 0.15) is 23.6 Å². The van der Waals surface area contributed by atoms with E-state index in [2.05, 4.69) is 21.9 Å². The van der Waals surface area contributed by atoms with Gasteiger partial charge in [-0.05, 0) is 62.2 Å². The molecule has 23 heavy (non-hydrogen) atoms. The monoisotopic (exact) mass is 311 g/mol. The number of anilines is 1. The number of rotatable bonds is 5. The fourth-order valence-corrected chi connectivity index (χ4v) is 2.14. The molecule has 0 aliphatic heterocycles. The lowest BCUT2D eigenvalue weighted by Gasteiger charge is -2.09. The SMILES string of the molecule is CC(=NNC(=O)CNc1ccc(C)cc1C)c1ccc(O)cc1. The van der Waals surface area contributed by atoms with Crippen molar-refractivity contribution >= 4 is 17.3 Å². The predicted octanol–water partition coefficient (Wildman–Crippen LogP) is 2.96. The Bertz CT molecular complexity index is 722. The van der Waals surface area contributed by atoms with Gasteiger partial charge in [-0.3, -0.25) is 4.79 Å². The maximum atomic E-state index is 11.9. The fraction of sp³-hybridized carbons (Fsp3) is 0.222. The third-order valence-corrected chi connectivity index (χ3v) is 3.45. The zero-order valence-electron chi connectivity index (χ0n) is 13.6. The van der Waals surface area contributed by atoms with Crippen LogP contribution >= 0.6 is 0 Å². The molecular weight excluding hydrogens is 290 g/mol. The number of amides is 1. The van der Waals surface area contributed by atoms with Crippen molar-refractivity contribution in [3.05, 3.63) is 59.2 Å². The highest BCUT2D eigenvalue weighted by Gasteiger charge is 2.03. The zero-order valence-corrected chi connectivity index (χ0v) is 13.6. The van der Waals surface area contributed by atoms with Crippen LogP contribution in [0, 0.1) is 13.8 Å². The number of aromatic hydroxyl groups is 1. The van der Waals surface area contributed by atoms with E-state index in [-0.39, 0.29) is 18.2 Å². The van der Waals surface area contributed by atoms with Crippen LogP contribution in [-0.2, 0) is 4.79 Å². The number of phenols is 1. The molecule has 2 rings (SSSR count). The molecule has 0 fully saturated rings. The molecule has 0 aliphatic rings. The van der Waals surface area contributed by atoms with E-state index in [1.807, 2.05) is 26.0 Å². The van der Waals surface area contributed by atoms with E-state index in [0.717, 1.165) is 16.8 Å². The summed E-state index contributed by atoms with van der Waals surface area (Å²) in [5.74, 6) is -0.0219. The van der Waals surface area contributed by atoms with Crippen LogP contribution in [-0.4, -0.2) is 23.3 Å². The molecule has 0 radical (unpaired) electrons. The van der Waals surface area contributed by atoms with Crippen LogP contribution in [0.4, 0.5) is 5.69 Å². The van der Waals surface area contributed by atoms with Gasteiger partial charge in [0.05, 0.1) is 12.3 Å². The molecule has 5 nitrogen and oxygen atoms in total. The molecule has 0 atom stereocenters. The largest absolute Gasteiger partial charge is 0.508 e. The molecule has 0 saturated heterocycles. The normalized spacial score (nSPS) is 11.2. The minimum Gasteiger partial charge on any atom is -0.508 e. The van der Waals surface area contributed by atoms with E-state index < -0.39 is 0 Å². The van der Waals surface area contributed by atoms with Gasteiger partial charge in [-0.1, -0.05) is 17.7 Å². The first-order valence-electron chi connectivity index (χ1n) is 7.39. The van der Waals surface area contributed by atoms with Gasteiger partial charge in [0.15, 0.2) is 0 Å². The quantitative estimate of drug-likeness (QED) is 0.587. The minimum absolute atomic E-state index is 0.149. The Morgan fingerprint density at radius 2 is 1.83 bits per heavy atom. The average molecular weight is 311 g/mol. The van der Waals surface area contributed by atoms with Gasteiger partial charge < -0.3 is 10.4 Å². The highest BCUT2D eigenvalue weighted by Crippen LogP contribution is 2.15. The number of benzene rings is 2. The summed E-state index contributed by atoms with van der Waals surface area (Å²) in [4.78, 5) is 11.9. The van der Waals surface area contributed by atoms with Crippen LogP contribution in [0.3, 0.4) is 0 Å². The lowest BCUT2D eigenvalue weighted by Crippen LogP contribution is -2.27. The second-order valence-corrected chi connectivity index (χ2v) is 5.45. The van der Waals surface area contributed by atoms with Gasteiger partial charge in [-0.15, -0.1) is 0 Å². The van der Waals surface area contributed by atoms with E-state index in [1.165, 1.54) is 5.56 Å². The summed E-state index contributed by atoms with van der Waals surface area (Å²) in [6.45, 7) is 5.98. The van der Waals surface area contributed by atoms with Crippen molar-refractivity contribution in [3.8, 4) is 5.75 Å². The zero-order chi connectivity index (χ0) is 16.8. The third kappa shape index (κ3) is 4.85. The molecule has 1 amide bonds. The minimum atomic E-state index is -0.219. The highest BCUT2D eigenvalue weighted by atomic mass is 16.3. The summed E-state index contributed by atoms with van der Waals surface area (Å²) in [5, 5.41) is 16.4. The first-order valence-corrected chi connectivity index (χ1v) is 7.39. The van der Waals surface area contributed by atoms with Gasteiger partial charge in [0, 0.05) is 5.69 Å². The lowest BCUT2D eigenvalue weighted by atomic mass is 10.1. The number of carbonyl (C=O) groups excluding carboxylic acids is 1. The summed E-state index contributed by atoms with van der Waals surface area (Å²) >= 11 is 0. The summed E-state index contributed by atoms with van der Waals surface area (Å²) in [5.41, 5.74) is 7.25. The van der Waals surface area contributed by atoms with Gasteiger partial charge in [-0.2, -0.15) is 5.10 Å². The van der Waals surface area contributed by atoms with Gasteiger partial charge in [0.25, 0.3) is 5.91 Å². The summed E-state index contributed by atoms with van der Waals surface area (Å²) < 4.78 is 0. The summed E-state index contributed by atoms with van der Waals surface area (Å²) in [7, 11) is 0. The van der Waals surface area contributed by atoms with Gasteiger partial charge in [-0.25, -0.2) is 5.43 Å². The number of carbonyl (C=O) groups is 1. The van der Waals surface area contributed by atoms with E-state index in [9.17, 15) is 9.90 Å². The molecule has 0 spiro atoms. The molecule has 0 saturated carbocycles. The van der Waals surface area contributed by atoms with Crippen molar-refractivity contribution in [2.45, 2.75) is 20.8 Å². The van der Waals surface area contributed by atoms with Crippen LogP contribution in [0.5, 0.6) is 5.75 Å². The Morgan fingerprint density at radius 3 is 2.48 bits per heavy atom. The van der Waals surface area contributed by atoms with E-state index in [4.69, 9.17) is 0 Å². The van der Waals surface area contributed by atoms with Crippen molar-refractivity contribution < 1.29 is 9.90 Å². The molecule has 2 aromatic rings. The third-order valence-electron chi connectivity index (χ3n) is 3.45. The number of phenolic OH excluding ortho intramolecular Hbond substituents is 1. The number of nitrogens with zero attached hydrogens (tertiary/aromatic N) is 1. The maximum Gasteiger partial charge on any atom is 0.259 e.